The lowest BCUT2D eigenvalue weighted by molar-refractivity contribution is -0.172. The molecule has 2 amide bonds. The molecule has 0 unspecified atom stereocenters. The van der Waals surface area contributed by atoms with Gasteiger partial charge in [0.15, 0.2) is 0 Å². The summed E-state index contributed by atoms with van der Waals surface area (Å²) >= 11 is 1.01. The molecule has 1 N–H and O–H groups in total. The number of guanidine groups is 1. The molecular weight excluding hydrogens is 506 g/mol. The molecule has 0 radical (unpaired) electrons. The lowest BCUT2D eigenvalue weighted by Crippen LogP contribution is -2.53. The number of carbonyl (C=O) groups is 2. The summed E-state index contributed by atoms with van der Waals surface area (Å²) in [5.74, 6) is -3.58. The summed E-state index contributed by atoms with van der Waals surface area (Å²) in [5, 5.41) is 3.03. The van der Waals surface area contributed by atoms with Gasteiger partial charge in [0, 0.05) is 11.9 Å². The van der Waals surface area contributed by atoms with Crippen molar-refractivity contribution in [3.05, 3.63) is 40.6 Å². The molecule has 0 aliphatic carbocycles. The molecule has 0 fully saturated rings. The van der Waals surface area contributed by atoms with Gasteiger partial charge < -0.3 is 0 Å². The first-order valence-electron chi connectivity index (χ1n) is 8.88. The number of benzene rings is 1. The van der Waals surface area contributed by atoms with Gasteiger partial charge in [-0.25, -0.2) is 4.99 Å². The van der Waals surface area contributed by atoms with Gasteiger partial charge in [-0.15, -0.1) is 11.3 Å². The van der Waals surface area contributed by atoms with E-state index >= 15 is 0 Å². The quantitative estimate of drug-likeness (QED) is 0.490. The minimum Gasteiger partial charge on any atom is -0.288 e. The Morgan fingerprint density at radius 1 is 1.12 bits per heavy atom. The monoisotopic (exact) mass is 521 g/mol. The van der Waals surface area contributed by atoms with Crippen LogP contribution in [0.4, 0.5) is 32.6 Å². The molecule has 3 rings (SSSR count). The first-order valence-corrected chi connectivity index (χ1v) is 11.7. The highest BCUT2D eigenvalue weighted by atomic mass is 32.5. The fourth-order valence-corrected chi connectivity index (χ4v) is 4.66. The van der Waals surface area contributed by atoms with Crippen molar-refractivity contribution in [2.24, 2.45) is 4.99 Å². The summed E-state index contributed by atoms with van der Waals surface area (Å²) in [4.78, 5) is 26.8. The summed E-state index contributed by atoms with van der Waals surface area (Å²) in [7, 11) is -8.69. The van der Waals surface area contributed by atoms with E-state index in [-0.39, 0.29) is 24.1 Å². The number of nitrogens with one attached hydrogen (secondary N) is 1. The number of alkyl halides is 3. The highest BCUT2D eigenvalue weighted by Gasteiger charge is 2.65. The standard InChI is InChI=1S/C18H15F8N3O2S2/c1-17(8-14(30)29(2)16(28-17)27-15(31)18(19,20)21)13-7-11(9-32-13)10-3-5-12(6-4-10)33(22,23,24,25)26/h3-7,9H,8H2,1-2H3,(H,27,28,31)/t17-/m0/s1. The molecule has 182 valence electrons. The van der Waals surface area contributed by atoms with Gasteiger partial charge >= 0.3 is 22.3 Å². The second-order valence-electron chi connectivity index (χ2n) is 7.48. The first-order chi connectivity index (χ1) is 14.7. The minimum absolute atomic E-state index is 0.167. The highest BCUT2D eigenvalue weighted by Crippen LogP contribution is 3.02. The number of hydrogen-bond donors (Lipinski definition) is 1. The maximum absolute atomic E-state index is 12.9. The number of halogens is 8. The Morgan fingerprint density at radius 2 is 1.70 bits per heavy atom. The van der Waals surface area contributed by atoms with Crippen LogP contribution in [0.5, 0.6) is 0 Å². The van der Waals surface area contributed by atoms with Crippen molar-refractivity contribution in [1.29, 1.82) is 0 Å². The molecule has 5 nitrogen and oxygen atoms in total. The minimum atomic E-state index is -9.82. The molecule has 15 heteroatoms. The molecule has 0 bridgehead atoms. The summed E-state index contributed by atoms with van der Waals surface area (Å²) in [6.45, 7) is 1.44. The van der Waals surface area contributed by atoms with Crippen LogP contribution < -0.4 is 5.32 Å². The van der Waals surface area contributed by atoms with E-state index in [1.165, 1.54) is 18.4 Å². The van der Waals surface area contributed by atoms with Gasteiger partial charge in [0.25, 0.3) is 0 Å². The van der Waals surface area contributed by atoms with Crippen molar-refractivity contribution in [2.75, 3.05) is 7.05 Å². The molecule has 0 saturated heterocycles. The first kappa shape index (κ1) is 25.0. The third-order valence-corrected chi connectivity index (χ3v) is 7.13. The average Bonchev–Trinajstić information content (AvgIpc) is 3.14. The lowest BCUT2D eigenvalue weighted by Gasteiger charge is -2.40. The average molecular weight is 521 g/mol. The highest BCUT2D eigenvalue weighted by molar-refractivity contribution is 8.45. The van der Waals surface area contributed by atoms with Crippen molar-refractivity contribution in [3.8, 4) is 11.1 Å². The number of amides is 2. The predicted octanol–water partition coefficient (Wildman–Crippen LogP) is 6.18. The van der Waals surface area contributed by atoms with Crippen LogP contribution >= 0.6 is 21.6 Å². The Hall–Kier alpha value is -2.68. The third kappa shape index (κ3) is 5.29. The van der Waals surface area contributed by atoms with Gasteiger partial charge in [0.2, 0.25) is 11.9 Å². The smallest absolute Gasteiger partial charge is 0.288 e. The Bertz CT molecular complexity index is 1160. The number of rotatable bonds is 3. The van der Waals surface area contributed by atoms with Gasteiger partial charge in [0.05, 0.1) is 6.42 Å². The van der Waals surface area contributed by atoms with Gasteiger partial charge in [0.1, 0.15) is 10.4 Å². The molecule has 1 aliphatic rings. The molecule has 1 aliphatic heterocycles. The maximum atomic E-state index is 12.9. The summed E-state index contributed by atoms with van der Waals surface area (Å²) in [6, 6.07) is 3.68. The van der Waals surface area contributed by atoms with Crippen molar-refractivity contribution < 1.29 is 42.2 Å². The Labute approximate surface area is 185 Å². The second-order valence-corrected chi connectivity index (χ2v) is 10.8. The largest absolute Gasteiger partial charge is 0.471 e. The molecule has 33 heavy (non-hydrogen) atoms. The molecule has 2 aromatic rings. The summed E-state index contributed by atoms with van der Waals surface area (Å²) in [5.41, 5.74) is -0.891. The predicted molar refractivity (Wildman–Crippen MR) is 108 cm³/mol. The Kier molecular flexibility index (Phi) is 5.23. The summed E-state index contributed by atoms with van der Waals surface area (Å²) in [6.07, 6.45) is -5.48. The SMILES string of the molecule is CN1C(=O)C[C@@](C)(c2cc(-c3ccc(S(F)(F)(F)(F)F)cc3)cs2)N=C1NC(=O)C(F)(F)F. The van der Waals surface area contributed by atoms with Crippen LogP contribution in [-0.2, 0) is 15.1 Å². The Morgan fingerprint density at radius 3 is 2.21 bits per heavy atom. The zero-order valence-electron chi connectivity index (χ0n) is 16.7. The summed E-state index contributed by atoms with van der Waals surface area (Å²) < 4.78 is 102. The lowest BCUT2D eigenvalue weighted by atomic mass is 9.93. The molecule has 2 heterocycles. The van der Waals surface area contributed by atoms with Crippen LogP contribution in [-0.4, -0.2) is 35.9 Å². The molecule has 1 aromatic carbocycles. The van der Waals surface area contributed by atoms with Gasteiger partial charge in [-0.05, 0) is 41.6 Å². The van der Waals surface area contributed by atoms with Gasteiger partial charge in [-0.3, -0.25) is 19.8 Å². The van der Waals surface area contributed by atoms with Crippen molar-refractivity contribution in [1.82, 2.24) is 10.2 Å². The van der Waals surface area contributed by atoms with Gasteiger partial charge in [-0.2, -0.15) is 13.2 Å². The fourth-order valence-electron chi connectivity index (χ4n) is 2.98. The van der Waals surface area contributed by atoms with E-state index in [1.54, 1.807) is 5.32 Å². The van der Waals surface area contributed by atoms with E-state index < -0.39 is 44.6 Å². The number of hydrogen-bond acceptors (Lipinski definition) is 4. The normalized spacial score (nSPS) is 21.8. The number of thiophene rings is 1. The zero-order chi connectivity index (χ0) is 25.1. The Balaban J connectivity index is 1.94. The number of nitrogens with zero attached hydrogens (tertiary/aromatic N) is 2. The fraction of sp³-hybridized carbons (Fsp3) is 0.278. The van der Waals surface area contributed by atoms with Crippen molar-refractivity contribution in [2.45, 2.75) is 30.0 Å². The van der Waals surface area contributed by atoms with E-state index in [2.05, 4.69) is 4.99 Å². The molecule has 0 spiro atoms. The molecule has 1 aromatic heterocycles. The van der Waals surface area contributed by atoms with Crippen LogP contribution in [0.1, 0.15) is 18.2 Å². The van der Waals surface area contributed by atoms with Crippen molar-refractivity contribution >= 4 is 39.3 Å². The maximum Gasteiger partial charge on any atom is 0.471 e. The van der Waals surface area contributed by atoms with Crippen LogP contribution in [0, 0.1) is 0 Å². The number of aliphatic imine (C=N–C) groups is 1. The van der Waals surface area contributed by atoms with E-state index in [0.29, 0.717) is 10.4 Å². The topological polar surface area (TPSA) is 61.8 Å². The molecule has 1 atom stereocenters. The van der Waals surface area contributed by atoms with Crippen LogP contribution in [0.25, 0.3) is 11.1 Å². The van der Waals surface area contributed by atoms with Crippen LogP contribution in [0.3, 0.4) is 0 Å². The van der Waals surface area contributed by atoms with E-state index in [9.17, 15) is 42.2 Å². The third-order valence-electron chi connectivity index (χ3n) is 4.79. The molecule has 0 saturated carbocycles. The molecular formula is C18H15F8N3O2S2. The van der Waals surface area contributed by atoms with Gasteiger partial charge in [-0.1, -0.05) is 31.6 Å². The second kappa shape index (κ2) is 6.91. The van der Waals surface area contributed by atoms with Crippen molar-refractivity contribution in [3.63, 3.8) is 0 Å². The zero-order valence-corrected chi connectivity index (χ0v) is 18.4. The van der Waals surface area contributed by atoms with Crippen LogP contribution in [0.2, 0.25) is 0 Å². The van der Waals surface area contributed by atoms with E-state index in [1.807, 2.05) is 0 Å². The van der Waals surface area contributed by atoms with E-state index in [0.717, 1.165) is 35.4 Å². The number of carbonyl (C=O) groups excluding carboxylic acids is 2. The van der Waals surface area contributed by atoms with E-state index in [4.69, 9.17) is 0 Å². The van der Waals surface area contributed by atoms with Crippen LogP contribution in [0.15, 0.2) is 45.6 Å².